The van der Waals surface area contributed by atoms with Gasteiger partial charge in [0.05, 0.1) is 0 Å². The molecule has 0 amide bonds. The molecule has 2 aliphatic rings. The molecule has 20 heavy (non-hydrogen) atoms. The summed E-state index contributed by atoms with van der Waals surface area (Å²) in [6.45, 7) is 2.45. The average Bonchev–Trinajstić information content (AvgIpc) is 2.67. The fraction of sp³-hybridized carbons (Fsp3) is 1.00. The van der Waals surface area contributed by atoms with Gasteiger partial charge in [0.15, 0.2) is 0 Å². The smallest absolute Gasteiger partial charge is 0.0359 e. The van der Waals surface area contributed by atoms with Crippen LogP contribution < -0.4 is 5.32 Å². The van der Waals surface area contributed by atoms with Crippen molar-refractivity contribution in [1.82, 2.24) is 10.2 Å². The molecule has 0 heterocycles. The zero-order chi connectivity index (χ0) is 14.6. The largest absolute Gasteiger partial charge is 0.315 e. The van der Waals surface area contributed by atoms with E-state index >= 15 is 0 Å². The topological polar surface area (TPSA) is 15.3 Å². The monoisotopic (exact) mass is 280 g/mol. The van der Waals surface area contributed by atoms with Gasteiger partial charge in [-0.2, -0.15) is 0 Å². The summed E-state index contributed by atoms with van der Waals surface area (Å²) < 4.78 is 0. The molecule has 2 heteroatoms. The third-order valence-corrected chi connectivity index (χ3v) is 6.20. The van der Waals surface area contributed by atoms with Crippen LogP contribution in [-0.4, -0.2) is 37.6 Å². The highest BCUT2D eigenvalue weighted by molar-refractivity contribution is 5.02. The Morgan fingerprint density at radius 3 is 2.15 bits per heavy atom. The third-order valence-electron chi connectivity index (χ3n) is 6.20. The Balaban J connectivity index is 2.19. The summed E-state index contributed by atoms with van der Waals surface area (Å²) in [6.07, 6.45) is 14.2. The van der Waals surface area contributed by atoms with Gasteiger partial charge in [-0.25, -0.2) is 0 Å². The molecule has 2 nitrogen and oxygen atoms in total. The van der Waals surface area contributed by atoms with E-state index in [2.05, 4.69) is 38.3 Å². The van der Waals surface area contributed by atoms with Crippen LogP contribution in [0, 0.1) is 11.8 Å². The van der Waals surface area contributed by atoms with Crippen molar-refractivity contribution in [2.24, 2.45) is 11.8 Å². The molecule has 0 saturated heterocycles. The van der Waals surface area contributed by atoms with Crippen LogP contribution in [-0.2, 0) is 0 Å². The highest BCUT2D eigenvalue weighted by Crippen LogP contribution is 2.41. The van der Waals surface area contributed by atoms with Crippen molar-refractivity contribution in [3.63, 3.8) is 0 Å². The van der Waals surface area contributed by atoms with E-state index in [9.17, 15) is 0 Å². The molecule has 0 spiro atoms. The summed E-state index contributed by atoms with van der Waals surface area (Å²) in [4.78, 5) is 2.57. The molecule has 2 fully saturated rings. The maximum absolute atomic E-state index is 3.77. The minimum atomic E-state index is 0.396. The average molecular weight is 280 g/mol. The third kappa shape index (κ3) is 3.39. The number of nitrogens with zero attached hydrogens (tertiary/aromatic N) is 1. The van der Waals surface area contributed by atoms with E-state index in [0.717, 1.165) is 11.8 Å². The van der Waals surface area contributed by atoms with E-state index < -0.39 is 0 Å². The fourth-order valence-electron chi connectivity index (χ4n) is 5.10. The lowest BCUT2D eigenvalue weighted by Crippen LogP contribution is -2.61. The lowest BCUT2D eigenvalue weighted by molar-refractivity contribution is 0.0398. The first-order valence-electron chi connectivity index (χ1n) is 8.95. The van der Waals surface area contributed by atoms with Crippen LogP contribution in [0.15, 0.2) is 0 Å². The van der Waals surface area contributed by atoms with Gasteiger partial charge in [-0.1, -0.05) is 45.4 Å². The van der Waals surface area contributed by atoms with Crippen molar-refractivity contribution in [3.05, 3.63) is 0 Å². The Bertz CT molecular complexity index is 279. The second-order valence-corrected chi connectivity index (χ2v) is 7.71. The van der Waals surface area contributed by atoms with Gasteiger partial charge >= 0.3 is 0 Å². The van der Waals surface area contributed by atoms with Crippen molar-refractivity contribution in [2.45, 2.75) is 82.7 Å². The van der Waals surface area contributed by atoms with Gasteiger partial charge in [0.1, 0.15) is 0 Å². The molecule has 0 radical (unpaired) electrons. The van der Waals surface area contributed by atoms with E-state index in [1.165, 1.54) is 64.2 Å². The Morgan fingerprint density at radius 1 is 1.00 bits per heavy atom. The van der Waals surface area contributed by atoms with Crippen molar-refractivity contribution in [2.75, 3.05) is 21.1 Å². The first-order chi connectivity index (χ1) is 9.60. The van der Waals surface area contributed by atoms with E-state index in [4.69, 9.17) is 0 Å². The quantitative estimate of drug-likeness (QED) is 0.781. The van der Waals surface area contributed by atoms with Gasteiger partial charge < -0.3 is 10.2 Å². The molecule has 0 aromatic carbocycles. The summed E-state index contributed by atoms with van der Waals surface area (Å²) >= 11 is 0. The fourth-order valence-corrected chi connectivity index (χ4v) is 5.10. The molecule has 2 saturated carbocycles. The standard InChI is InChI=1S/C18H36N2/c1-15-10-9-11-16(14-15)17(19-2)18(20(3)4)12-7-5-6-8-13-18/h15-17,19H,5-14H2,1-4H3. The molecule has 0 bridgehead atoms. The maximum atomic E-state index is 3.77. The van der Waals surface area contributed by atoms with Gasteiger partial charge in [0.25, 0.3) is 0 Å². The van der Waals surface area contributed by atoms with Crippen LogP contribution in [0.5, 0.6) is 0 Å². The minimum absolute atomic E-state index is 0.396. The lowest BCUT2D eigenvalue weighted by Gasteiger charge is -2.50. The van der Waals surface area contributed by atoms with E-state index in [1.54, 1.807) is 0 Å². The van der Waals surface area contributed by atoms with Crippen molar-refractivity contribution in [3.8, 4) is 0 Å². The zero-order valence-corrected chi connectivity index (χ0v) is 14.3. The van der Waals surface area contributed by atoms with E-state index in [0.29, 0.717) is 11.6 Å². The molecule has 3 atom stereocenters. The summed E-state index contributed by atoms with van der Waals surface area (Å²) in [6, 6.07) is 0.679. The molecule has 118 valence electrons. The van der Waals surface area contributed by atoms with Gasteiger partial charge in [-0.05, 0) is 58.7 Å². The highest BCUT2D eigenvalue weighted by atomic mass is 15.2. The Kier molecular flexibility index (Phi) is 5.92. The molecule has 2 rings (SSSR count). The van der Waals surface area contributed by atoms with Gasteiger partial charge in [-0.15, -0.1) is 0 Å². The van der Waals surface area contributed by atoms with Gasteiger partial charge in [0, 0.05) is 11.6 Å². The van der Waals surface area contributed by atoms with E-state index in [1.807, 2.05) is 0 Å². The molecular formula is C18H36N2. The van der Waals surface area contributed by atoms with Crippen LogP contribution in [0.3, 0.4) is 0 Å². The summed E-state index contributed by atoms with van der Waals surface area (Å²) in [5, 5.41) is 3.77. The molecule has 0 aliphatic heterocycles. The molecule has 1 N–H and O–H groups in total. The Morgan fingerprint density at radius 2 is 1.65 bits per heavy atom. The number of nitrogens with one attached hydrogen (secondary N) is 1. The Labute approximate surface area is 126 Å². The SMILES string of the molecule is CNC(C1CCCC(C)C1)C1(N(C)C)CCCCCC1. The van der Waals surface area contributed by atoms with E-state index in [-0.39, 0.29) is 0 Å². The van der Waals surface area contributed by atoms with Crippen LogP contribution in [0.4, 0.5) is 0 Å². The molecule has 2 aliphatic carbocycles. The van der Waals surface area contributed by atoms with Crippen molar-refractivity contribution >= 4 is 0 Å². The number of likely N-dealkylation sites (N-methyl/N-ethyl adjacent to an activating group) is 2. The summed E-state index contributed by atoms with van der Waals surface area (Å²) in [7, 11) is 6.85. The molecule has 0 aromatic heterocycles. The molecular weight excluding hydrogens is 244 g/mol. The number of hydrogen-bond donors (Lipinski definition) is 1. The molecule has 3 unspecified atom stereocenters. The first-order valence-corrected chi connectivity index (χ1v) is 8.95. The second-order valence-electron chi connectivity index (χ2n) is 7.71. The Hall–Kier alpha value is -0.0800. The number of rotatable bonds is 4. The first kappa shape index (κ1) is 16.3. The predicted molar refractivity (Wildman–Crippen MR) is 88.1 cm³/mol. The van der Waals surface area contributed by atoms with Crippen LogP contribution in [0.25, 0.3) is 0 Å². The van der Waals surface area contributed by atoms with Crippen LogP contribution in [0.2, 0.25) is 0 Å². The maximum Gasteiger partial charge on any atom is 0.0359 e. The zero-order valence-electron chi connectivity index (χ0n) is 14.3. The molecule has 0 aromatic rings. The van der Waals surface area contributed by atoms with Crippen LogP contribution in [0.1, 0.15) is 71.1 Å². The van der Waals surface area contributed by atoms with Crippen molar-refractivity contribution < 1.29 is 0 Å². The summed E-state index contributed by atoms with van der Waals surface area (Å²) in [5.74, 6) is 1.80. The lowest BCUT2D eigenvalue weighted by atomic mass is 9.69. The second kappa shape index (κ2) is 7.26. The summed E-state index contributed by atoms with van der Waals surface area (Å²) in [5.41, 5.74) is 0.396. The van der Waals surface area contributed by atoms with Gasteiger partial charge in [-0.3, -0.25) is 0 Å². The minimum Gasteiger partial charge on any atom is -0.315 e. The van der Waals surface area contributed by atoms with Gasteiger partial charge in [0.2, 0.25) is 0 Å². The predicted octanol–water partition coefficient (Wildman–Crippen LogP) is 4.06. The van der Waals surface area contributed by atoms with Crippen molar-refractivity contribution in [1.29, 1.82) is 0 Å². The van der Waals surface area contributed by atoms with Crippen LogP contribution >= 0.6 is 0 Å². The normalized spacial score (nSPS) is 32.9. The number of hydrogen-bond acceptors (Lipinski definition) is 2. The highest BCUT2D eigenvalue weighted by Gasteiger charge is 2.44.